The van der Waals surface area contributed by atoms with Gasteiger partial charge in [0.25, 0.3) is 0 Å². The summed E-state index contributed by atoms with van der Waals surface area (Å²) in [6.07, 6.45) is 4.08. The molecule has 2 aromatic heterocycles. The number of carbonyl (C=O) groups excluding carboxylic acids is 1. The van der Waals surface area contributed by atoms with Gasteiger partial charge >= 0.3 is 0 Å². The van der Waals surface area contributed by atoms with Crippen LogP contribution in [0.2, 0.25) is 0 Å². The number of nitrogens with zero attached hydrogens (tertiary/aromatic N) is 3. The van der Waals surface area contributed by atoms with E-state index < -0.39 is 0 Å². The molecule has 0 radical (unpaired) electrons. The van der Waals surface area contributed by atoms with Gasteiger partial charge in [-0.2, -0.15) is 10.2 Å². The number of aromatic nitrogens is 4. The van der Waals surface area contributed by atoms with E-state index in [0.717, 1.165) is 22.6 Å². The minimum atomic E-state index is -0.379. The number of H-pyrrole nitrogens is 1. The number of carbonyl (C=O) groups is 1. The third kappa shape index (κ3) is 3.40. The molecule has 1 atom stereocenters. The Morgan fingerprint density at radius 3 is 2.72 bits per heavy atom. The quantitative estimate of drug-likeness (QED) is 0.722. The molecular formula is C18H21N5O2. The maximum atomic E-state index is 12.7. The lowest BCUT2D eigenvalue weighted by Gasteiger charge is -2.15. The van der Waals surface area contributed by atoms with Gasteiger partial charge in [0, 0.05) is 23.7 Å². The van der Waals surface area contributed by atoms with Crippen molar-refractivity contribution in [3.8, 4) is 16.9 Å². The number of methoxy groups -OCH3 is 1. The number of aromatic amines is 1. The van der Waals surface area contributed by atoms with Crippen molar-refractivity contribution in [1.82, 2.24) is 20.0 Å². The number of benzene rings is 1. The zero-order valence-corrected chi connectivity index (χ0v) is 14.5. The number of hydrogen-bond donors (Lipinski definition) is 2. The van der Waals surface area contributed by atoms with E-state index in [1.165, 1.54) is 0 Å². The lowest BCUT2D eigenvalue weighted by atomic mass is 10.1. The van der Waals surface area contributed by atoms with Crippen LogP contribution in [0.3, 0.4) is 0 Å². The van der Waals surface area contributed by atoms with Gasteiger partial charge in [-0.3, -0.25) is 14.6 Å². The molecule has 0 aliphatic heterocycles. The second-order valence-corrected chi connectivity index (χ2v) is 5.70. The fourth-order valence-corrected chi connectivity index (χ4v) is 2.79. The molecule has 0 saturated heterocycles. The summed E-state index contributed by atoms with van der Waals surface area (Å²) in [5.74, 6) is 1.14. The molecule has 3 aromatic rings. The maximum absolute atomic E-state index is 12.7. The van der Waals surface area contributed by atoms with Crippen molar-refractivity contribution in [2.24, 2.45) is 0 Å². The average Bonchev–Trinajstić information content (AvgIpc) is 3.26. The number of nitrogens with one attached hydrogen (secondary N) is 2. The van der Waals surface area contributed by atoms with Crippen molar-refractivity contribution < 1.29 is 9.53 Å². The van der Waals surface area contributed by atoms with Crippen LogP contribution in [-0.2, 0) is 4.79 Å². The van der Waals surface area contributed by atoms with E-state index in [4.69, 9.17) is 4.74 Å². The number of hydrogen-bond acceptors (Lipinski definition) is 4. The van der Waals surface area contributed by atoms with Gasteiger partial charge in [-0.05, 0) is 37.1 Å². The summed E-state index contributed by atoms with van der Waals surface area (Å²) in [7, 11) is 1.63. The van der Waals surface area contributed by atoms with Crippen LogP contribution in [0.25, 0.3) is 11.1 Å². The monoisotopic (exact) mass is 339 g/mol. The van der Waals surface area contributed by atoms with Crippen LogP contribution >= 0.6 is 0 Å². The Labute approximate surface area is 146 Å². The maximum Gasteiger partial charge on any atom is 0.250 e. The summed E-state index contributed by atoms with van der Waals surface area (Å²) in [5, 5.41) is 14.3. The van der Waals surface area contributed by atoms with E-state index in [9.17, 15) is 4.79 Å². The van der Waals surface area contributed by atoms with Gasteiger partial charge in [0.05, 0.1) is 7.11 Å². The predicted molar refractivity (Wildman–Crippen MR) is 95.5 cm³/mol. The van der Waals surface area contributed by atoms with Crippen molar-refractivity contribution in [3.63, 3.8) is 0 Å². The lowest BCUT2D eigenvalue weighted by molar-refractivity contribution is -0.119. The molecule has 0 fully saturated rings. The Balaban J connectivity index is 1.87. The lowest BCUT2D eigenvalue weighted by Crippen LogP contribution is -2.26. The molecule has 1 aromatic carbocycles. The molecule has 2 N–H and O–H groups in total. The Bertz CT molecular complexity index is 837. The normalized spacial score (nSPS) is 12.0. The van der Waals surface area contributed by atoms with Gasteiger partial charge in [-0.1, -0.05) is 19.1 Å². The van der Waals surface area contributed by atoms with Crippen LogP contribution in [0.15, 0.2) is 42.7 Å². The van der Waals surface area contributed by atoms with Crippen molar-refractivity contribution in [2.45, 2.75) is 26.3 Å². The molecule has 0 aliphatic rings. The summed E-state index contributed by atoms with van der Waals surface area (Å²) in [4.78, 5) is 12.7. The smallest absolute Gasteiger partial charge is 0.250 e. The van der Waals surface area contributed by atoms with Crippen LogP contribution < -0.4 is 10.1 Å². The number of aryl methyl sites for hydroxylation is 1. The van der Waals surface area contributed by atoms with Crippen LogP contribution in [0.4, 0.5) is 5.82 Å². The average molecular weight is 339 g/mol. The molecule has 0 bridgehead atoms. The van der Waals surface area contributed by atoms with Crippen molar-refractivity contribution >= 4 is 11.7 Å². The molecule has 1 unspecified atom stereocenters. The number of anilines is 1. The van der Waals surface area contributed by atoms with E-state index in [1.54, 1.807) is 30.3 Å². The third-order valence-electron chi connectivity index (χ3n) is 4.10. The number of rotatable bonds is 6. The summed E-state index contributed by atoms with van der Waals surface area (Å²) >= 11 is 0. The van der Waals surface area contributed by atoms with Crippen LogP contribution in [0, 0.1) is 6.92 Å². The van der Waals surface area contributed by atoms with E-state index in [2.05, 4.69) is 20.6 Å². The molecule has 25 heavy (non-hydrogen) atoms. The molecule has 1 amide bonds. The Hall–Kier alpha value is -3.09. The first kappa shape index (κ1) is 16.8. The molecule has 130 valence electrons. The fourth-order valence-electron chi connectivity index (χ4n) is 2.79. The minimum Gasteiger partial charge on any atom is -0.497 e. The standard InChI is InChI=1S/C18H21N5O2/c1-4-15(23-11-5-10-19-23)18(24)20-17-16(12(2)21-22-17)13-6-8-14(25-3)9-7-13/h5-11,15H,4H2,1-3H3,(H2,20,21,22,24). The van der Waals surface area contributed by atoms with Crippen LogP contribution in [0.5, 0.6) is 5.75 Å². The largest absolute Gasteiger partial charge is 0.497 e. The first-order valence-corrected chi connectivity index (χ1v) is 8.13. The molecular weight excluding hydrogens is 318 g/mol. The van der Waals surface area contributed by atoms with Gasteiger partial charge in [0.1, 0.15) is 11.8 Å². The van der Waals surface area contributed by atoms with Gasteiger partial charge in [0.2, 0.25) is 5.91 Å². The summed E-state index contributed by atoms with van der Waals surface area (Å²) < 4.78 is 6.85. The van der Waals surface area contributed by atoms with Crippen molar-refractivity contribution in [2.75, 3.05) is 12.4 Å². The summed E-state index contributed by atoms with van der Waals surface area (Å²) in [5.41, 5.74) is 2.70. The molecule has 7 nitrogen and oxygen atoms in total. The highest BCUT2D eigenvalue weighted by atomic mass is 16.5. The molecule has 0 aliphatic carbocycles. The fraction of sp³-hybridized carbons (Fsp3) is 0.278. The number of amides is 1. The second kappa shape index (κ2) is 7.21. The van der Waals surface area contributed by atoms with Crippen LogP contribution in [0.1, 0.15) is 25.1 Å². The van der Waals surface area contributed by atoms with E-state index in [0.29, 0.717) is 12.2 Å². The molecule has 7 heteroatoms. The molecule has 2 heterocycles. The zero-order valence-electron chi connectivity index (χ0n) is 14.5. The van der Waals surface area contributed by atoms with Crippen molar-refractivity contribution in [3.05, 3.63) is 48.4 Å². The number of ether oxygens (including phenoxy) is 1. The first-order chi connectivity index (χ1) is 12.1. The van der Waals surface area contributed by atoms with Gasteiger partial charge in [-0.25, -0.2) is 0 Å². The highest BCUT2D eigenvalue weighted by Gasteiger charge is 2.22. The zero-order chi connectivity index (χ0) is 17.8. The first-order valence-electron chi connectivity index (χ1n) is 8.13. The van der Waals surface area contributed by atoms with Gasteiger partial charge in [-0.15, -0.1) is 0 Å². The third-order valence-corrected chi connectivity index (χ3v) is 4.10. The Kier molecular flexibility index (Phi) is 4.83. The SMILES string of the molecule is CCC(C(=O)Nc1n[nH]c(C)c1-c1ccc(OC)cc1)n1cccn1. The highest BCUT2D eigenvalue weighted by Crippen LogP contribution is 2.31. The second-order valence-electron chi connectivity index (χ2n) is 5.70. The summed E-state index contributed by atoms with van der Waals surface area (Å²) in [6.45, 7) is 3.87. The highest BCUT2D eigenvalue weighted by molar-refractivity contribution is 5.96. The Morgan fingerprint density at radius 1 is 1.36 bits per heavy atom. The predicted octanol–water partition coefficient (Wildman–Crippen LogP) is 3.18. The molecule has 0 saturated carbocycles. The minimum absolute atomic E-state index is 0.146. The topological polar surface area (TPSA) is 84.8 Å². The van der Waals surface area contributed by atoms with E-state index in [-0.39, 0.29) is 11.9 Å². The van der Waals surface area contributed by atoms with Gasteiger partial charge in [0.15, 0.2) is 5.82 Å². The van der Waals surface area contributed by atoms with E-state index in [1.807, 2.05) is 38.1 Å². The summed E-state index contributed by atoms with van der Waals surface area (Å²) in [6, 6.07) is 9.07. The molecule has 0 spiro atoms. The van der Waals surface area contributed by atoms with E-state index >= 15 is 0 Å². The molecule has 3 rings (SSSR count). The van der Waals surface area contributed by atoms with Crippen LogP contribution in [-0.4, -0.2) is 33.0 Å². The van der Waals surface area contributed by atoms with Crippen molar-refractivity contribution in [1.29, 1.82) is 0 Å². The Morgan fingerprint density at radius 2 is 2.12 bits per heavy atom. The van der Waals surface area contributed by atoms with Gasteiger partial charge < -0.3 is 10.1 Å².